The van der Waals surface area contributed by atoms with Crippen LogP contribution in [0, 0.1) is 0 Å². The standard InChI is InChI=1S/C19H32N4O2/c1-19(2,3)25-18(24)22-11-12-23-16(14-22)13-21-17(23)20-10-9-15-7-5-4-6-8-15/h7,16H,4-6,8-14H2,1-3H3,(H,20,21). The molecule has 25 heavy (non-hydrogen) atoms. The lowest BCUT2D eigenvalue weighted by Gasteiger charge is -2.39. The molecule has 0 aromatic rings. The molecule has 1 amide bonds. The van der Waals surface area contributed by atoms with Gasteiger partial charge in [0, 0.05) is 26.2 Å². The third-order valence-electron chi connectivity index (χ3n) is 4.97. The molecule has 1 aliphatic carbocycles. The molecular formula is C19H32N4O2. The van der Waals surface area contributed by atoms with Crippen molar-refractivity contribution in [1.29, 1.82) is 0 Å². The molecule has 1 unspecified atom stereocenters. The highest BCUT2D eigenvalue weighted by molar-refractivity contribution is 5.82. The number of nitrogens with one attached hydrogen (secondary N) is 1. The minimum absolute atomic E-state index is 0.210. The maximum atomic E-state index is 12.3. The number of guanidine groups is 1. The second-order valence-corrected chi connectivity index (χ2v) is 8.22. The fourth-order valence-corrected chi connectivity index (χ4v) is 3.69. The largest absolute Gasteiger partial charge is 0.444 e. The molecular weight excluding hydrogens is 316 g/mol. The third-order valence-corrected chi connectivity index (χ3v) is 4.97. The molecule has 1 saturated heterocycles. The van der Waals surface area contributed by atoms with Gasteiger partial charge in [0.2, 0.25) is 0 Å². The van der Waals surface area contributed by atoms with Crippen molar-refractivity contribution in [3.05, 3.63) is 11.6 Å². The van der Waals surface area contributed by atoms with Gasteiger partial charge >= 0.3 is 6.09 Å². The number of piperazine rings is 1. The molecule has 2 aliphatic heterocycles. The highest BCUT2D eigenvalue weighted by Crippen LogP contribution is 2.21. The van der Waals surface area contributed by atoms with Crippen molar-refractivity contribution in [2.24, 2.45) is 4.99 Å². The Hall–Kier alpha value is -1.72. The van der Waals surface area contributed by atoms with Gasteiger partial charge in [-0.25, -0.2) is 4.79 Å². The van der Waals surface area contributed by atoms with E-state index in [2.05, 4.69) is 21.3 Å². The van der Waals surface area contributed by atoms with Crippen molar-refractivity contribution >= 4 is 12.1 Å². The molecule has 3 rings (SSSR count). The molecule has 0 aromatic carbocycles. The first-order valence-electron chi connectivity index (χ1n) is 9.63. The van der Waals surface area contributed by atoms with Crippen molar-refractivity contribution in [2.75, 3.05) is 32.7 Å². The summed E-state index contributed by atoms with van der Waals surface area (Å²) in [4.78, 5) is 21.1. The fraction of sp³-hybridized carbons (Fsp3) is 0.789. The Morgan fingerprint density at radius 1 is 1.36 bits per heavy atom. The first-order valence-corrected chi connectivity index (χ1v) is 9.63. The molecule has 3 aliphatic rings. The highest BCUT2D eigenvalue weighted by Gasteiger charge is 2.36. The highest BCUT2D eigenvalue weighted by atomic mass is 16.6. The maximum Gasteiger partial charge on any atom is 0.410 e. The van der Waals surface area contributed by atoms with Gasteiger partial charge in [-0.05, 0) is 52.9 Å². The van der Waals surface area contributed by atoms with Crippen LogP contribution in [-0.4, -0.2) is 66.2 Å². The molecule has 6 nitrogen and oxygen atoms in total. The van der Waals surface area contributed by atoms with E-state index in [-0.39, 0.29) is 12.1 Å². The summed E-state index contributed by atoms with van der Waals surface area (Å²) in [5.74, 6) is 1.00. The molecule has 1 atom stereocenters. The minimum atomic E-state index is -0.444. The van der Waals surface area contributed by atoms with Gasteiger partial charge in [-0.1, -0.05) is 11.6 Å². The van der Waals surface area contributed by atoms with Crippen LogP contribution in [0.25, 0.3) is 0 Å². The van der Waals surface area contributed by atoms with Gasteiger partial charge in [0.25, 0.3) is 0 Å². The topological polar surface area (TPSA) is 57.2 Å². The van der Waals surface area contributed by atoms with Crippen LogP contribution in [0.15, 0.2) is 16.6 Å². The number of hydrogen-bond donors (Lipinski definition) is 1. The number of amides is 1. The van der Waals surface area contributed by atoms with E-state index in [1.807, 2.05) is 25.7 Å². The van der Waals surface area contributed by atoms with Crippen LogP contribution in [0.2, 0.25) is 0 Å². The predicted molar refractivity (Wildman–Crippen MR) is 99.8 cm³/mol. The molecule has 1 N–H and O–H groups in total. The smallest absolute Gasteiger partial charge is 0.410 e. The molecule has 0 bridgehead atoms. The Morgan fingerprint density at radius 3 is 2.92 bits per heavy atom. The van der Waals surface area contributed by atoms with Crippen molar-refractivity contribution in [2.45, 2.75) is 64.5 Å². The van der Waals surface area contributed by atoms with Crippen LogP contribution in [0.5, 0.6) is 0 Å². The monoisotopic (exact) mass is 348 g/mol. The average molecular weight is 348 g/mol. The Balaban J connectivity index is 1.44. The summed E-state index contributed by atoms with van der Waals surface area (Å²) >= 11 is 0. The van der Waals surface area contributed by atoms with E-state index >= 15 is 0 Å². The van der Waals surface area contributed by atoms with Gasteiger partial charge in [0.05, 0.1) is 12.6 Å². The van der Waals surface area contributed by atoms with Gasteiger partial charge < -0.3 is 19.9 Å². The first kappa shape index (κ1) is 18.1. The summed E-state index contributed by atoms with van der Waals surface area (Å²) in [5.41, 5.74) is 1.14. The second kappa shape index (κ2) is 7.67. The fourth-order valence-electron chi connectivity index (χ4n) is 3.69. The predicted octanol–water partition coefficient (Wildman–Crippen LogP) is 2.76. The van der Waals surface area contributed by atoms with Crippen LogP contribution >= 0.6 is 0 Å². The van der Waals surface area contributed by atoms with Crippen molar-refractivity contribution < 1.29 is 9.53 Å². The van der Waals surface area contributed by atoms with Crippen LogP contribution in [0.4, 0.5) is 4.79 Å². The number of fused-ring (bicyclic) bond motifs is 1. The quantitative estimate of drug-likeness (QED) is 0.797. The summed E-state index contributed by atoms with van der Waals surface area (Å²) in [6.07, 6.45) is 8.48. The molecule has 6 heteroatoms. The van der Waals surface area contributed by atoms with Gasteiger partial charge in [-0.15, -0.1) is 0 Å². The summed E-state index contributed by atoms with van der Waals surface area (Å²) < 4.78 is 5.49. The Bertz CT molecular complexity index is 550. The Morgan fingerprint density at radius 2 is 2.20 bits per heavy atom. The zero-order valence-electron chi connectivity index (χ0n) is 15.9. The third kappa shape index (κ3) is 4.89. The van der Waals surface area contributed by atoms with E-state index in [4.69, 9.17) is 4.74 Å². The molecule has 0 saturated carbocycles. The summed E-state index contributed by atoms with van der Waals surface area (Å²) in [5, 5.41) is 3.51. The number of aliphatic imine (C=N–C) groups is 1. The molecule has 2 heterocycles. The lowest BCUT2D eigenvalue weighted by atomic mass is 9.97. The van der Waals surface area contributed by atoms with E-state index in [9.17, 15) is 4.79 Å². The number of rotatable bonds is 3. The Labute approximate surface area is 151 Å². The zero-order valence-corrected chi connectivity index (χ0v) is 15.9. The van der Waals surface area contributed by atoms with E-state index in [0.29, 0.717) is 13.1 Å². The van der Waals surface area contributed by atoms with Gasteiger partial charge in [0.15, 0.2) is 5.96 Å². The number of hydrogen-bond acceptors (Lipinski definition) is 5. The van der Waals surface area contributed by atoms with Crippen LogP contribution in [0.1, 0.15) is 52.9 Å². The van der Waals surface area contributed by atoms with Crippen LogP contribution in [0.3, 0.4) is 0 Å². The molecule has 140 valence electrons. The van der Waals surface area contributed by atoms with E-state index in [0.717, 1.165) is 32.0 Å². The van der Waals surface area contributed by atoms with Gasteiger partial charge in [0.1, 0.15) is 5.60 Å². The van der Waals surface area contributed by atoms with Crippen molar-refractivity contribution in [3.63, 3.8) is 0 Å². The number of nitrogens with zero attached hydrogens (tertiary/aromatic N) is 3. The Kier molecular flexibility index (Phi) is 5.54. The maximum absolute atomic E-state index is 12.3. The lowest BCUT2D eigenvalue weighted by Crippen LogP contribution is -2.57. The van der Waals surface area contributed by atoms with Gasteiger partial charge in [-0.3, -0.25) is 4.99 Å². The molecule has 0 radical (unpaired) electrons. The van der Waals surface area contributed by atoms with Crippen molar-refractivity contribution in [3.8, 4) is 0 Å². The van der Waals surface area contributed by atoms with Crippen molar-refractivity contribution in [1.82, 2.24) is 15.1 Å². The van der Waals surface area contributed by atoms with Gasteiger partial charge in [-0.2, -0.15) is 0 Å². The van der Waals surface area contributed by atoms with E-state index in [1.54, 1.807) is 5.57 Å². The second-order valence-electron chi connectivity index (χ2n) is 8.22. The normalized spacial score (nSPS) is 23.7. The number of ether oxygens (including phenoxy) is 1. The number of allylic oxidation sites excluding steroid dienone is 1. The van der Waals surface area contributed by atoms with Crippen LogP contribution < -0.4 is 5.32 Å². The minimum Gasteiger partial charge on any atom is -0.444 e. The number of carbonyl (C=O) groups is 1. The van der Waals surface area contributed by atoms with E-state index in [1.165, 1.54) is 25.7 Å². The van der Waals surface area contributed by atoms with E-state index < -0.39 is 5.60 Å². The SMILES string of the molecule is CC(C)(C)OC(=O)N1CCN2C(NCCC3=CCCCC3)=NCC2C1. The van der Waals surface area contributed by atoms with Crippen LogP contribution in [-0.2, 0) is 4.74 Å². The first-order chi connectivity index (χ1) is 11.9. The number of carbonyl (C=O) groups excluding carboxylic acids is 1. The lowest BCUT2D eigenvalue weighted by molar-refractivity contribution is 0.0137. The molecule has 1 fully saturated rings. The summed E-state index contributed by atoms with van der Waals surface area (Å²) in [6, 6.07) is 0.276. The molecule has 0 aromatic heterocycles. The summed E-state index contributed by atoms with van der Waals surface area (Å²) in [7, 11) is 0. The zero-order chi connectivity index (χ0) is 17.9. The molecule has 0 spiro atoms. The summed E-state index contributed by atoms with van der Waals surface area (Å²) in [6.45, 7) is 9.62. The average Bonchev–Trinajstić information content (AvgIpc) is 2.97.